The SMILES string of the molecule is CC(C)[C@H](N)C(=O)NCC(=O)NCc1ccccc1F. The van der Waals surface area contributed by atoms with Crippen molar-refractivity contribution in [3.63, 3.8) is 0 Å². The second-order valence-electron chi connectivity index (χ2n) is 4.86. The number of carbonyl (C=O) groups excluding carboxylic acids is 2. The van der Waals surface area contributed by atoms with Gasteiger partial charge in [0, 0.05) is 12.1 Å². The van der Waals surface area contributed by atoms with Gasteiger partial charge in [-0.15, -0.1) is 0 Å². The molecule has 0 radical (unpaired) electrons. The van der Waals surface area contributed by atoms with E-state index in [-0.39, 0.29) is 30.7 Å². The van der Waals surface area contributed by atoms with Crippen molar-refractivity contribution in [2.75, 3.05) is 6.54 Å². The standard InChI is InChI=1S/C14H20FN3O2/c1-9(2)13(16)14(20)18-8-12(19)17-7-10-5-3-4-6-11(10)15/h3-6,9,13H,7-8,16H2,1-2H3,(H,17,19)(H,18,20)/t13-/m0/s1. The molecule has 20 heavy (non-hydrogen) atoms. The zero-order valence-corrected chi connectivity index (χ0v) is 11.7. The number of nitrogens with one attached hydrogen (secondary N) is 2. The van der Waals surface area contributed by atoms with Gasteiger partial charge < -0.3 is 16.4 Å². The van der Waals surface area contributed by atoms with E-state index in [1.165, 1.54) is 6.07 Å². The van der Waals surface area contributed by atoms with E-state index in [1.54, 1.807) is 18.2 Å². The molecule has 0 fully saturated rings. The Balaban J connectivity index is 2.35. The molecule has 1 aromatic rings. The van der Waals surface area contributed by atoms with Crippen LogP contribution in [0.5, 0.6) is 0 Å². The molecule has 0 aliphatic rings. The predicted octanol–water partition coefficient (Wildman–Crippen LogP) is 0.541. The molecule has 4 N–H and O–H groups in total. The third kappa shape index (κ3) is 4.97. The van der Waals surface area contributed by atoms with Gasteiger partial charge in [-0.1, -0.05) is 32.0 Å². The van der Waals surface area contributed by atoms with Crippen molar-refractivity contribution < 1.29 is 14.0 Å². The predicted molar refractivity (Wildman–Crippen MR) is 74.1 cm³/mol. The summed E-state index contributed by atoms with van der Waals surface area (Å²) in [4.78, 5) is 23.1. The molecule has 0 aliphatic heterocycles. The van der Waals surface area contributed by atoms with E-state index >= 15 is 0 Å². The van der Waals surface area contributed by atoms with Gasteiger partial charge in [0.1, 0.15) is 5.82 Å². The molecule has 0 heterocycles. The molecule has 0 aliphatic carbocycles. The molecule has 1 aromatic carbocycles. The maximum absolute atomic E-state index is 13.3. The summed E-state index contributed by atoms with van der Waals surface area (Å²) in [5.41, 5.74) is 6.03. The molecule has 1 rings (SSSR count). The summed E-state index contributed by atoms with van der Waals surface area (Å²) in [5.74, 6) is -1.14. The average molecular weight is 281 g/mol. The number of hydrogen-bond donors (Lipinski definition) is 3. The lowest BCUT2D eigenvalue weighted by atomic mass is 10.1. The first-order valence-corrected chi connectivity index (χ1v) is 6.45. The molecule has 0 unspecified atom stereocenters. The van der Waals surface area contributed by atoms with Crippen LogP contribution in [0.4, 0.5) is 4.39 Å². The molecule has 2 amide bonds. The van der Waals surface area contributed by atoms with Crippen molar-refractivity contribution in [2.45, 2.75) is 26.4 Å². The molecule has 1 atom stereocenters. The fourth-order valence-corrected chi connectivity index (χ4v) is 1.49. The second-order valence-corrected chi connectivity index (χ2v) is 4.86. The van der Waals surface area contributed by atoms with Crippen LogP contribution >= 0.6 is 0 Å². The van der Waals surface area contributed by atoms with Crippen LogP contribution in [0.15, 0.2) is 24.3 Å². The lowest BCUT2D eigenvalue weighted by Gasteiger charge is -2.15. The molecule has 0 saturated carbocycles. The van der Waals surface area contributed by atoms with Crippen molar-refractivity contribution >= 4 is 11.8 Å². The minimum absolute atomic E-state index is 0.00326. The summed E-state index contributed by atoms with van der Waals surface area (Å²) in [6, 6.07) is 5.53. The first kappa shape index (κ1) is 16.1. The van der Waals surface area contributed by atoms with Gasteiger partial charge in [-0.2, -0.15) is 0 Å². The van der Waals surface area contributed by atoms with Crippen molar-refractivity contribution in [1.82, 2.24) is 10.6 Å². The van der Waals surface area contributed by atoms with Crippen LogP contribution in [-0.4, -0.2) is 24.4 Å². The maximum atomic E-state index is 13.3. The van der Waals surface area contributed by atoms with E-state index < -0.39 is 11.9 Å². The number of amides is 2. The number of rotatable bonds is 6. The second kappa shape index (κ2) is 7.59. The number of benzene rings is 1. The Morgan fingerprint density at radius 1 is 1.25 bits per heavy atom. The summed E-state index contributed by atoms with van der Waals surface area (Å²) in [6.45, 7) is 3.55. The van der Waals surface area contributed by atoms with Gasteiger partial charge in [0.05, 0.1) is 12.6 Å². The zero-order chi connectivity index (χ0) is 15.1. The number of hydrogen-bond acceptors (Lipinski definition) is 3. The highest BCUT2D eigenvalue weighted by atomic mass is 19.1. The number of halogens is 1. The Kier molecular flexibility index (Phi) is 6.11. The molecule has 0 spiro atoms. The molecular weight excluding hydrogens is 261 g/mol. The van der Waals surface area contributed by atoms with Crippen LogP contribution in [0, 0.1) is 11.7 Å². The molecule has 0 aromatic heterocycles. The summed E-state index contributed by atoms with van der Waals surface area (Å²) < 4.78 is 13.3. The Hall–Kier alpha value is -1.95. The van der Waals surface area contributed by atoms with Crippen LogP contribution < -0.4 is 16.4 Å². The minimum atomic E-state index is -0.644. The molecule has 110 valence electrons. The fraction of sp³-hybridized carbons (Fsp3) is 0.429. The summed E-state index contributed by atoms with van der Waals surface area (Å²) in [5, 5.41) is 4.97. The maximum Gasteiger partial charge on any atom is 0.239 e. The molecule has 5 nitrogen and oxygen atoms in total. The third-order valence-corrected chi connectivity index (χ3v) is 2.88. The molecular formula is C14H20FN3O2. The van der Waals surface area contributed by atoms with Crippen molar-refractivity contribution in [2.24, 2.45) is 11.7 Å². The lowest BCUT2D eigenvalue weighted by Crippen LogP contribution is -2.47. The first-order valence-electron chi connectivity index (χ1n) is 6.45. The van der Waals surface area contributed by atoms with Gasteiger partial charge in [-0.3, -0.25) is 9.59 Å². The van der Waals surface area contributed by atoms with Crippen LogP contribution in [0.25, 0.3) is 0 Å². The van der Waals surface area contributed by atoms with Gasteiger partial charge in [0.15, 0.2) is 0 Å². The van der Waals surface area contributed by atoms with E-state index in [0.29, 0.717) is 5.56 Å². The van der Waals surface area contributed by atoms with Gasteiger partial charge in [0.25, 0.3) is 0 Å². The van der Waals surface area contributed by atoms with Crippen LogP contribution in [0.1, 0.15) is 19.4 Å². The largest absolute Gasteiger partial charge is 0.350 e. The van der Waals surface area contributed by atoms with Crippen molar-refractivity contribution in [1.29, 1.82) is 0 Å². The fourth-order valence-electron chi connectivity index (χ4n) is 1.49. The normalized spacial score (nSPS) is 12.1. The zero-order valence-electron chi connectivity index (χ0n) is 11.7. The monoisotopic (exact) mass is 281 g/mol. The van der Waals surface area contributed by atoms with E-state index in [4.69, 9.17) is 5.73 Å². The van der Waals surface area contributed by atoms with Crippen LogP contribution in [0.3, 0.4) is 0 Å². The molecule has 0 saturated heterocycles. The van der Waals surface area contributed by atoms with E-state index in [1.807, 2.05) is 13.8 Å². The smallest absolute Gasteiger partial charge is 0.239 e. The summed E-state index contributed by atoms with van der Waals surface area (Å²) >= 11 is 0. The van der Waals surface area contributed by atoms with Gasteiger partial charge in [-0.05, 0) is 12.0 Å². The highest BCUT2D eigenvalue weighted by molar-refractivity contribution is 5.87. The molecule has 0 bridgehead atoms. The number of carbonyl (C=O) groups is 2. The summed E-state index contributed by atoms with van der Waals surface area (Å²) in [6.07, 6.45) is 0. The van der Waals surface area contributed by atoms with E-state index in [2.05, 4.69) is 10.6 Å². The van der Waals surface area contributed by atoms with Crippen molar-refractivity contribution in [3.8, 4) is 0 Å². The van der Waals surface area contributed by atoms with Crippen LogP contribution in [0.2, 0.25) is 0 Å². The topological polar surface area (TPSA) is 84.2 Å². The van der Waals surface area contributed by atoms with Gasteiger partial charge in [0.2, 0.25) is 11.8 Å². The quantitative estimate of drug-likeness (QED) is 0.711. The van der Waals surface area contributed by atoms with E-state index in [9.17, 15) is 14.0 Å². The molecule has 6 heteroatoms. The van der Waals surface area contributed by atoms with Gasteiger partial charge >= 0.3 is 0 Å². The number of nitrogens with two attached hydrogens (primary N) is 1. The average Bonchev–Trinajstić information content (AvgIpc) is 2.42. The Morgan fingerprint density at radius 3 is 2.50 bits per heavy atom. The van der Waals surface area contributed by atoms with Gasteiger partial charge in [-0.25, -0.2) is 4.39 Å². The van der Waals surface area contributed by atoms with Crippen LogP contribution in [-0.2, 0) is 16.1 Å². The minimum Gasteiger partial charge on any atom is -0.350 e. The summed E-state index contributed by atoms with van der Waals surface area (Å²) in [7, 11) is 0. The Bertz CT molecular complexity index is 477. The Labute approximate surface area is 117 Å². The van der Waals surface area contributed by atoms with E-state index in [0.717, 1.165) is 0 Å². The van der Waals surface area contributed by atoms with Crippen molar-refractivity contribution in [3.05, 3.63) is 35.6 Å². The highest BCUT2D eigenvalue weighted by Crippen LogP contribution is 2.05. The highest BCUT2D eigenvalue weighted by Gasteiger charge is 2.17. The lowest BCUT2D eigenvalue weighted by molar-refractivity contribution is -0.127. The third-order valence-electron chi connectivity index (χ3n) is 2.88. The first-order chi connectivity index (χ1) is 9.41. The Morgan fingerprint density at radius 2 is 1.90 bits per heavy atom.